The molecule has 1 unspecified atom stereocenters. The standard InChI is InChI=1S/C6H12I2/c1-2-6(5-8)3-4-7/h6H,2-5H2,1H3. The summed E-state index contributed by atoms with van der Waals surface area (Å²) in [6.07, 6.45) is 2.76. The quantitative estimate of drug-likeness (QED) is 0.545. The Kier molecular flexibility index (Phi) is 7.78. The van der Waals surface area contributed by atoms with Crippen LogP contribution in [0.2, 0.25) is 0 Å². The van der Waals surface area contributed by atoms with Gasteiger partial charge in [0.15, 0.2) is 0 Å². The maximum atomic E-state index is 2.47. The first-order chi connectivity index (χ1) is 3.85. The molecular weight excluding hydrogens is 326 g/mol. The smallest absolute Gasteiger partial charge is 0.00238 e. The summed E-state index contributed by atoms with van der Waals surface area (Å²) < 4.78 is 2.65. The number of hydrogen-bond donors (Lipinski definition) is 0. The minimum absolute atomic E-state index is 0.979. The van der Waals surface area contributed by atoms with E-state index in [9.17, 15) is 0 Å². The second-order valence-electron chi connectivity index (χ2n) is 1.91. The fourth-order valence-corrected chi connectivity index (χ4v) is 2.49. The summed E-state index contributed by atoms with van der Waals surface area (Å²) in [4.78, 5) is 0. The van der Waals surface area contributed by atoms with Crippen LogP contribution in [0.15, 0.2) is 0 Å². The van der Waals surface area contributed by atoms with Crippen molar-refractivity contribution in [2.24, 2.45) is 5.92 Å². The molecule has 0 bridgehead atoms. The molecule has 1 atom stereocenters. The van der Waals surface area contributed by atoms with Crippen LogP contribution in [0.5, 0.6) is 0 Å². The first kappa shape index (κ1) is 9.46. The van der Waals surface area contributed by atoms with Gasteiger partial charge in [0.05, 0.1) is 0 Å². The van der Waals surface area contributed by atoms with E-state index in [-0.39, 0.29) is 0 Å². The summed E-state index contributed by atoms with van der Waals surface area (Å²) in [5.41, 5.74) is 0. The molecule has 0 aromatic carbocycles. The van der Waals surface area contributed by atoms with Gasteiger partial charge in [0.1, 0.15) is 0 Å². The normalized spacial score (nSPS) is 13.9. The molecule has 0 N–H and O–H groups in total. The Hall–Kier alpha value is 1.46. The molecule has 0 aliphatic carbocycles. The van der Waals surface area contributed by atoms with E-state index in [2.05, 4.69) is 52.1 Å². The van der Waals surface area contributed by atoms with Crippen LogP contribution >= 0.6 is 45.2 Å². The lowest BCUT2D eigenvalue weighted by atomic mass is 10.1. The average Bonchev–Trinajstić information content (AvgIpc) is 1.83. The number of rotatable bonds is 4. The highest BCUT2D eigenvalue weighted by molar-refractivity contribution is 14.1. The van der Waals surface area contributed by atoms with E-state index in [0.717, 1.165) is 5.92 Å². The van der Waals surface area contributed by atoms with E-state index < -0.39 is 0 Å². The van der Waals surface area contributed by atoms with Gasteiger partial charge in [-0.1, -0.05) is 58.5 Å². The number of alkyl halides is 2. The second-order valence-corrected chi connectivity index (χ2v) is 3.87. The van der Waals surface area contributed by atoms with E-state index >= 15 is 0 Å². The van der Waals surface area contributed by atoms with Gasteiger partial charge >= 0.3 is 0 Å². The van der Waals surface area contributed by atoms with E-state index in [0.29, 0.717) is 0 Å². The Balaban J connectivity index is 3.07. The third-order valence-electron chi connectivity index (χ3n) is 1.31. The lowest BCUT2D eigenvalue weighted by Gasteiger charge is -2.06. The largest absolute Gasteiger partial charge is 0.0864 e. The zero-order valence-electron chi connectivity index (χ0n) is 5.16. The van der Waals surface area contributed by atoms with Crippen LogP contribution in [0, 0.1) is 5.92 Å². The molecule has 0 aliphatic heterocycles. The zero-order valence-corrected chi connectivity index (χ0v) is 9.48. The van der Waals surface area contributed by atoms with Crippen molar-refractivity contribution in [3.05, 3.63) is 0 Å². The predicted octanol–water partition coefficient (Wildman–Crippen LogP) is 3.27. The van der Waals surface area contributed by atoms with Crippen LogP contribution < -0.4 is 0 Å². The molecule has 0 fully saturated rings. The monoisotopic (exact) mass is 338 g/mol. The highest BCUT2D eigenvalue weighted by Gasteiger charge is 2.00. The van der Waals surface area contributed by atoms with Gasteiger partial charge in [-0.3, -0.25) is 0 Å². The molecule has 0 aliphatic rings. The molecule has 0 heterocycles. The van der Waals surface area contributed by atoms with Crippen LogP contribution in [0.4, 0.5) is 0 Å². The van der Waals surface area contributed by atoms with Crippen molar-refractivity contribution in [3.8, 4) is 0 Å². The molecule has 0 saturated carbocycles. The van der Waals surface area contributed by atoms with Gasteiger partial charge in [-0.2, -0.15) is 0 Å². The van der Waals surface area contributed by atoms with Crippen molar-refractivity contribution >= 4 is 45.2 Å². The fourth-order valence-electron chi connectivity index (χ4n) is 0.545. The summed E-state index contributed by atoms with van der Waals surface area (Å²) in [5, 5.41) is 0. The van der Waals surface area contributed by atoms with Gasteiger partial charge in [-0.05, 0) is 16.8 Å². The lowest BCUT2D eigenvalue weighted by Crippen LogP contribution is -1.99. The molecule has 0 rings (SSSR count). The van der Waals surface area contributed by atoms with Crippen LogP contribution in [0.25, 0.3) is 0 Å². The summed E-state index contributed by atoms with van der Waals surface area (Å²) in [5.74, 6) is 0.979. The maximum Gasteiger partial charge on any atom is 0.00238 e. The highest BCUT2D eigenvalue weighted by Crippen LogP contribution is 2.12. The Labute approximate surface area is 79.1 Å². The topological polar surface area (TPSA) is 0 Å². The molecule has 8 heavy (non-hydrogen) atoms. The molecular formula is C6H12I2. The third kappa shape index (κ3) is 4.35. The summed E-state index contributed by atoms with van der Waals surface area (Å²) in [7, 11) is 0. The van der Waals surface area contributed by atoms with Gasteiger partial charge in [-0.15, -0.1) is 0 Å². The third-order valence-corrected chi connectivity index (χ3v) is 3.18. The molecule has 0 aromatic heterocycles. The number of halogens is 2. The Morgan fingerprint density at radius 2 is 2.00 bits per heavy atom. The minimum atomic E-state index is 0.979. The number of hydrogen-bond acceptors (Lipinski definition) is 0. The van der Waals surface area contributed by atoms with E-state index in [4.69, 9.17) is 0 Å². The molecule has 50 valence electrons. The molecule has 0 nitrogen and oxygen atoms in total. The summed E-state index contributed by atoms with van der Waals surface area (Å²) in [6.45, 7) is 2.27. The van der Waals surface area contributed by atoms with Gasteiger partial charge < -0.3 is 0 Å². The van der Waals surface area contributed by atoms with Crippen molar-refractivity contribution in [2.45, 2.75) is 19.8 Å². The summed E-state index contributed by atoms with van der Waals surface area (Å²) in [6, 6.07) is 0. The molecule has 0 saturated heterocycles. The van der Waals surface area contributed by atoms with Gasteiger partial charge in [0, 0.05) is 4.43 Å². The first-order valence-corrected chi connectivity index (χ1v) is 6.02. The predicted molar refractivity (Wildman–Crippen MR) is 56.2 cm³/mol. The maximum absolute atomic E-state index is 2.47. The Bertz CT molecular complexity index is 41.8. The first-order valence-electron chi connectivity index (χ1n) is 2.97. The van der Waals surface area contributed by atoms with E-state index in [1.54, 1.807) is 0 Å². The molecule has 0 spiro atoms. The van der Waals surface area contributed by atoms with Crippen molar-refractivity contribution in [3.63, 3.8) is 0 Å². The molecule has 0 aromatic rings. The highest BCUT2D eigenvalue weighted by atomic mass is 127. The zero-order chi connectivity index (χ0) is 6.41. The van der Waals surface area contributed by atoms with Gasteiger partial charge in [0.25, 0.3) is 0 Å². The Morgan fingerprint density at radius 1 is 1.38 bits per heavy atom. The van der Waals surface area contributed by atoms with E-state index in [1.165, 1.54) is 21.7 Å². The molecule has 2 heteroatoms. The summed E-state index contributed by atoms with van der Waals surface area (Å²) >= 11 is 4.92. The molecule has 0 radical (unpaired) electrons. The Morgan fingerprint density at radius 3 is 2.12 bits per heavy atom. The fraction of sp³-hybridized carbons (Fsp3) is 1.00. The van der Waals surface area contributed by atoms with Crippen molar-refractivity contribution in [1.82, 2.24) is 0 Å². The lowest BCUT2D eigenvalue weighted by molar-refractivity contribution is 0.570. The van der Waals surface area contributed by atoms with Crippen molar-refractivity contribution in [1.29, 1.82) is 0 Å². The average molecular weight is 338 g/mol. The van der Waals surface area contributed by atoms with Crippen molar-refractivity contribution < 1.29 is 0 Å². The van der Waals surface area contributed by atoms with Crippen molar-refractivity contribution in [2.75, 3.05) is 8.86 Å². The second kappa shape index (κ2) is 6.58. The minimum Gasteiger partial charge on any atom is -0.0864 e. The van der Waals surface area contributed by atoms with Crippen LogP contribution in [0.1, 0.15) is 19.8 Å². The van der Waals surface area contributed by atoms with Crippen LogP contribution in [-0.4, -0.2) is 8.86 Å². The van der Waals surface area contributed by atoms with Crippen LogP contribution in [0.3, 0.4) is 0 Å². The van der Waals surface area contributed by atoms with Gasteiger partial charge in [0.2, 0.25) is 0 Å². The van der Waals surface area contributed by atoms with E-state index in [1.807, 2.05) is 0 Å². The van der Waals surface area contributed by atoms with Crippen LogP contribution in [-0.2, 0) is 0 Å². The molecule has 0 amide bonds. The van der Waals surface area contributed by atoms with Gasteiger partial charge in [-0.25, -0.2) is 0 Å². The SMILES string of the molecule is CCC(CI)CCI.